The first-order valence-corrected chi connectivity index (χ1v) is 10.8. The SMILES string of the molecule is OCc1ccc([C@@H]2[C@@H](CC[C@H](O)c3ccc(F)cc3)OC(=S)N2c2ccccc2)c(O)c1. The third-order valence-electron chi connectivity index (χ3n) is 5.69. The van der Waals surface area contributed by atoms with Gasteiger partial charge in [0.25, 0.3) is 5.17 Å². The van der Waals surface area contributed by atoms with Crippen LogP contribution in [0.2, 0.25) is 0 Å². The highest BCUT2D eigenvalue weighted by atomic mass is 32.1. The van der Waals surface area contributed by atoms with Crippen LogP contribution in [0.25, 0.3) is 0 Å². The minimum absolute atomic E-state index is 0.0415. The third kappa shape index (κ3) is 4.60. The van der Waals surface area contributed by atoms with Crippen LogP contribution in [0.1, 0.15) is 41.7 Å². The second-order valence-electron chi connectivity index (χ2n) is 7.77. The van der Waals surface area contributed by atoms with Gasteiger partial charge in [-0.2, -0.15) is 0 Å². The van der Waals surface area contributed by atoms with Gasteiger partial charge < -0.3 is 20.1 Å². The number of aliphatic hydroxyl groups is 2. The Bertz CT molecular complexity index is 1080. The minimum atomic E-state index is -0.787. The number of ether oxygens (including phenoxy) is 1. The summed E-state index contributed by atoms with van der Waals surface area (Å²) in [6.45, 7) is -0.177. The summed E-state index contributed by atoms with van der Waals surface area (Å²) in [5, 5.41) is 31.0. The Hall–Kier alpha value is -3.00. The van der Waals surface area contributed by atoms with E-state index in [9.17, 15) is 19.7 Å². The number of hydrogen-bond donors (Lipinski definition) is 3. The number of anilines is 1. The summed E-state index contributed by atoms with van der Waals surface area (Å²) in [7, 11) is 0. The van der Waals surface area contributed by atoms with Crippen molar-refractivity contribution >= 4 is 23.1 Å². The summed E-state index contributed by atoms with van der Waals surface area (Å²) in [5.74, 6) is -0.314. The highest BCUT2D eigenvalue weighted by Crippen LogP contribution is 2.43. The number of aliphatic hydroxyl groups excluding tert-OH is 2. The first-order valence-electron chi connectivity index (χ1n) is 10.4. The molecule has 0 amide bonds. The van der Waals surface area contributed by atoms with Crippen LogP contribution >= 0.6 is 12.2 Å². The number of aromatic hydroxyl groups is 1. The van der Waals surface area contributed by atoms with Crippen LogP contribution < -0.4 is 4.90 Å². The molecule has 1 heterocycles. The highest BCUT2D eigenvalue weighted by Gasteiger charge is 2.42. The lowest BCUT2D eigenvalue weighted by Gasteiger charge is -2.27. The van der Waals surface area contributed by atoms with Crippen LogP contribution in [0, 0.1) is 5.82 Å². The Morgan fingerprint density at radius 1 is 1.03 bits per heavy atom. The van der Waals surface area contributed by atoms with Crippen molar-refractivity contribution in [3.05, 3.63) is 95.3 Å². The zero-order valence-corrected chi connectivity index (χ0v) is 18.1. The van der Waals surface area contributed by atoms with Crippen LogP contribution in [0.3, 0.4) is 0 Å². The number of rotatable bonds is 7. The number of thiocarbonyl (C=S) groups is 1. The van der Waals surface area contributed by atoms with Gasteiger partial charge in [0.05, 0.1) is 12.7 Å². The van der Waals surface area contributed by atoms with E-state index in [0.29, 0.717) is 29.5 Å². The van der Waals surface area contributed by atoms with Gasteiger partial charge in [-0.25, -0.2) is 4.39 Å². The summed E-state index contributed by atoms with van der Waals surface area (Å²) in [6.07, 6.45) is -0.394. The van der Waals surface area contributed by atoms with E-state index in [4.69, 9.17) is 17.0 Å². The molecule has 1 fully saturated rings. The lowest BCUT2D eigenvalue weighted by molar-refractivity contribution is 0.126. The zero-order valence-electron chi connectivity index (χ0n) is 17.3. The van der Waals surface area contributed by atoms with Crippen molar-refractivity contribution in [3.8, 4) is 5.75 Å². The Labute approximate surface area is 191 Å². The van der Waals surface area contributed by atoms with Gasteiger partial charge in [-0.3, -0.25) is 4.90 Å². The molecule has 3 atom stereocenters. The van der Waals surface area contributed by atoms with Gasteiger partial charge in [-0.15, -0.1) is 0 Å². The zero-order chi connectivity index (χ0) is 22.7. The molecule has 3 aromatic carbocycles. The molecule has 166 valence electrons. The van der Waals surface area contributed by atoms with E-state index >= 15 is 0 Å². The maximum atomic E-state index is 13.2. The molecule has 0 saturated carbocycles. The van der Waals surface area contributed by atoms with E-state index in [1.807, 2.05) is 35.2 Å². The van der Waals surface area contributed by atoms with Crippen LogP contribution in [0.15, 0.2) is 72.8 Å². The first-order chi connectivity index (χ1) is 15.5. The van der Waals surface area contributed by atoms with Gasteiger partial charge >= 0.3 is 0 Å². The fourth-order valence-corrected chi connectivity index (χ4v) is 4.40. The predicted octanol–water partition coefficient (Wildman–Crippen LogP) is 4.77. The van der Waals surface area contributed by atoms with Gasteiger partial charge in [0, 0.05) is 11.3 Å². The quantitative estimate of drug-likeness (QED) is 0.448. The fourth-order valence-electron chi connectivity index (χ4n) is 4.05. The maximum absolute atomic E-state index is 13.2. The lowest BCUT2D eigenvalue weighted by Crippen LogP contribution is -2.29. The number of benzene rings is 3. The van der Waals surface area contributed by atoms with Crippen LogP contribution in [0.4, 0.5) is 10.1 Å². The molecular weight excluding hydrogens is 429 g/mol. The van der Waals surface area contributed by atoms with Gasteiger partial charge in [0.2, 0.25) is 0 Å². The third-order valence-corrected chi connectivity index (χ3v) is 5.98. The molecule has 7 heteroatoms. The van der Waals surface area contributed by atoms with Gasteiger partial charge in [0.1, 0.15) is 23.7 Å². The molecule has 0 aliphatic carbocycles. The van der Waals surface area contributed by atoms with Crippen molar-refractivity contribution in [2.24, 2.45) is 0 Å². The average Bonchev–Trinajstić information content (AvgIpc) is 3.14. The molecular formula is C25H24FNO4S. The topological polar surface area (TPSA) is 73.2 Å². The summed E-state index contributed by atoms with van der Waals surface area (Å²) < 4.78 is 19.2. The molecule has 3 aromatic rings. The molecule has 0 radical (unpaired) electrons. The summed E-state index contributed by atoms with van der Waals surface area (Å²) in [4.78, 5) is 1.86. The van der Waals surface area contributed by atoms with E-state index in [1.54, 1.807) is 24.3 Å². The second-order valence-corrected chi connectivity index (χ2v) is 8.12. The van der Waals surface area contributed by atoms with Gasteiger partial charge in [0.15, 0.2) is 0 Å². The summed E-state index contributed by atoms with van der Waals surface area (Å²) >= 11 is 5.53. The Balaban J connectivity index is 1.63. The van der Waals surface area contributed by atoms with Crippen molar-refractivity contribution in [1.82, 2.24) is 0 Å². The largest absolute Gasteiger partial charge is 0.508 e. The number of phenolic OH excluding ortho intramolecular Hbond substituents is 1. The van der Waals surface area contributed by atoms with Crippen LogP contribution in [-0.2, 0) is 11.3 Å². The lowest BCUT2D eigenvalue weighted by atomic mass is 9.93. The Kier molecular flexibility index (Phi) is 6.69. The minimum Gasteiger partial charge on any atom is -0.508 e. The van der Waals surface area contributed by atoms with E-state index in [0.717, 1.165) is 5.69 Å². The number of phenols is 1. The van der Waals surface area contributed by atoms with Gasteiger partial charge in [-0.05, 0) is 66.5 Å². The normalized spacial score (nSPS) is 19.1. The standard InChI is InChI=1S/C25H24FNO4S/c26-18-9-7-17(8-10-18)21(29)12-13-23-24(20-11-6-16(15-28)14-22(20)30)27(25(32)31-23)19-4-2-1-3-5-19/h1-11,14,21,23-24,28-30H,12-13,15H2/t21-,23+,24+/m0/s1. The van der Waals surface area contributed by atoms with Crippen molar-refractivity contribution in [3.63, 3.8) is 0 Å². The number of nitrogens with zero attached hydrogens (tertiary/aromatic N) is 1. The van der Waals surface area contributed by atoms with Crippen molar-refractivity contribution in [1.29, 1.82) is 0 Å². The van der Waals surface area contributed by atoms with Gasteiger partial charge in [-0.1, -0.05) is 42.5 Å². The number of para-hydroxylation sites is 1. The smallest absolute Gasteiger partial charge is 0.264 e. The molecule has 1 saturated heterocycles. The van der Waals surface area contributed by atoms with Crippen molar-refractivity contribution < 1.29 is 24.4 Å². The first kappa shape index (κ1) is 22.2. The predicted molar refractivity (Wildman–Crippen MR) is 124 cm³/mol. The molecule has 5 nitrogen and oxygen atoms in total. The second kappa shape index (κ2) is 9.65. The average molecular weight is 454 g/mol. The van der Waals surface area contributed by atoms with Crippen LogP contribution in [-0.4, -0.2) is 26.6 Å². The molecule has 1 aliphatic rings. The Morgan fingerprint density at radius 2 is 1.75 bits per heavy atom. The highest BCUT2D eigenvalue weighted by molar-refractivity contribution is 7.80. The van der Waals surface area contributed by atoms with E-state index in [2.05, 4.69) is 0 Å². The van der Waals surface area contributed by atoms with Crippen LogP contribution in [0.5, 0.6) is 5.75 Å². The maximum Gasteiger partial charge on any atom is 0.264 e. The molecule has 0 bridgehead atoms. The van der Waals surface area contributed by atoms with E-state index in [-0.39, 0.29) is 23.3 Å². The van der Waals surface area contributed by atoms with Crippen molar-refractivity contribution in [2.75, 3.05) is 4.90 Å². The van der Waals surface area contributed by atoms with Crippen molar-refractivity contribution in [2.45, 2.75) is 37.7 Å². The molecule has 32 heavy (non-hydrogen) atoms. The number of halogens is 1. The molecule has 3 N–H and O–H groups in total. The molecule has 0 unspecified atom stereocenters. The fraction of sp³-hybridized carbons (Fsp3) is 0.240. The van der Waals surface area contributed by atoms with E-state index < -0.39 is 18.2 Å². The number of hydrogen-bond acceptors (Lipinski definition) is 5. The molecule has 0 spiro atoms. The summed E-state index contributed by atoms with van der Waals surface area (Å²) in [6, 6.07) is 19.9. The monoisotopic (exact) mass is 453 g/mol. The Morgan fingerprint density at radius 3 is 2.41 bits per heavy atom. The van der Waals surface area contributed by atoms with E-state index in [1.165, 1.54) is 18.2 Å². The molecule has 1 aliphatic heterocycles. The molecule has 0 aromatic heterocycles. The summed E-state index contributed by atoms with van der Waals surface area (Å²) in [5.41, 5.74) is 2.67. The molecule has 4 rings (SSSR count).